The SMILES string of the molecule is O=C(Nc1ccncc1)c1cccc(NC(=O)C2CC(=O)N(CC(F)(F)F)C2)c1. The second-order valence-corrected chi connectivity index (χ2v) is 6.55. The topological polar surface area (TPSA) is 91.4 Å². The molecule has 7 nitrogen and oxygen atoms in total. The highest BCUT2D eigenvalue weighted by Crippen LogP contribution is 2.25. The maximum atomic E-state index is 12.5. The number of nitrogens with zero attached hydrogens (tertiary/aromatic N) is 2. The van der Waals surface area contributed by atoms with E-state index in [0.717, 1.165) is 0 Å². The highest BCUT2D eigenvalue weighted by atomic mass is 19.4. The lowest BCUT2D eigenvalue weighted by molar-refractivity contribution is -0.157. The first kappa shape index (κ1) is 20.3. The minimum absolute atomic E-state index is 0.279. The van der Waals surface area contributed by atoms with Crippen LogP contribution in [0.25, 0.3) is 0 Å². The van der Waals surface area contributed by atoms with Crippen LogP contribution in [0, 0.1) is 5.92 Å². The van der Waals surface area contributed by atoms with Crippen LogP contribution in [-0.4, -0.2) is 46.9 Å². The van der Waals surface area contributed by atoms with Gasteiger partial charge in [0.1, 0.15) is 6.54 Å². The normalized spacial score (nSPS) is 16.6. The smallest absolute Gasteiger partial charge is 0.333 e. The third-order valence-electron chi connectivity index (χ3n) is 4.29. The summed E-state index contributed by atoms with van der Waals surface area (Å²) in [5.41, 5.74) is 1.13. The van der Waals surface area contributed by atoms with Crippen LogP contribution in [0.3, 0.4) is 0 Å². The molecule has 1 aromatic heterocycles. The third-order valence-corrected chi connectivity index (χ3v) is 4.29. The molecule has 1 saturated heterocycles. The number of halogens is 3. The van der Waals surface area contributed by atoms with Gasteiger partial charge in [-0.3, -0.25) is 19.4 Å². The van der Waals surface area contributed by atoms with Gasteiger partial charge in [0.05, 0.1) is 5.92 Å². The van der Waals surface area contributed by atoms with Crippen molar-refractivity contribution >= 4 is 29.1 Å². The minimum atomic E-state index is -4.52. The van der Waals surface area contributed by atoms with Gasteiger partial charge in [0.2, 0.25) is 11.8 Å². The van der Waals surface area contributed by atoms with E-state index in [1.54, 1.807) is 30.3 Å². The van der Waals surface area contributed by atoms with E-state index >= 15 is 0 Å². The maximum Gasteiger partial charge on any atom is 0.406 e. The molecule has 2 aromatic rings. The highest BCUT2D eigenvalue weighted by molar-refractivity contribution is 6.05. The zero-order valence-electron chi connectivity index (χ0n) is 15.1. The summed E-state index contributed by atoms with van der Waals surface area (Å²) in [6.07, 6.45) is -1.75. The summed E-state index contributed by atoms with van der Waals surface area (Å²) in [6.45, 7) is -1.67. The summed E-state index contributed by atoms with van der Waals surface area (Å²) in [7, 11) is 0. The molecular weight excluding hydrogens is 389 g/mol. The van der Waals surface area contributed by atoms with Gasteiger partial charge in [0.15, 0.2) is 0 Å². The Morgan fingerprint density at radius 2 is 1.83 bits per heavy atom. The van der Waals surface area contributed by atoms with Gasteiger partial charge in [-0.1, -0.05) is 6.07 Å². The third kappa shape index (κ3) is 5.53. The van der Waals surface area contributed by atoms with Crippen molar-refractivity contribution in [3.63, 3.8) is 0 Å². The summed E-state index contributed by atoms with van der Waals surface area (Å²) >= 11 is 0. The van der Waals surface area contributed by atoms with E-state index in [-0.39, 0.29) is 18.5 Å². The van der Waals surface area contributed by atoms with Crippen LogP contribution in [-0.2, 0) is 9.59 Å². The average molecular weight is 406 g/mol. The fourth-order valence-corrected chi connectivity index (χ4v) is 2.94. The van der Waals surface area contributed by atoms with E-state index in [4.69, 9.17) is 0 Å². The van der Waals surface area contributed by atoms with Gasteiger partial charge in [-0.15, -0.1) is 0 Å². The van der Waals surface area contributed by atoms with Crippen molar-refractivity contribution in [2.75, 3.05) is 23.7 Å². The number of nitrogens with one attached hydrogen (secondary N) is 2. The average Bonchev–Trinajstić information content (AvgIpc) is 3.02. The molecule has 1 aliphatic rings. The van der Waals surface area contributed by atoms with E-state index in [2.05, 4.69) is 15.6 Å². The first-order valence-electron chi connectivity index (χ1n) is 8.68. The number of carbonyl (C=O) groups excluding carboxylic acids is 3. The number of aromatic nitrogens is 1. The van der Waals surface area contributed by atoms with Crippen molar-refractivity contribution in [3.8, 4) is 0 Å². The number of anilines is 2. The van der Waals surface area contributed by atoms with E-state index < -0.39 is 36.4 Å². The molecule has 10 heteroatoms. The van der Waals surface area contributed by atoms with Gasteiger partial charge in [0.25, 0.3) is 5.91 Å². The van der Waals surface area contributed by atoms with E-state index in [0.29, 0.717) is 16.3 Å². The summed E-state index contributed by atoms with van der Waals surface area (Å²) in [6, 6.07) is 9.34. The molecule has 2 N–H and O–H groups in total. The lowest BCUT2D eigenvalue weighted by atomic mass is 10.1. The monoisotopic (exact) mass is 406 g/mol. The molecule has 0 aliphatic carbocycles. The van der Waals surface area contributed by atoms with Crippen LogP contribution in [0.2, 0.25) is 0 Å². The Balaban J connectivity index is 1.62. The van der Waals surface area contributed by atoms with Gasteiger partial charge in [-0.25, -0.2) is 0 Å². The Bertz CT molecular complexity index is 918. The molecule has 1 atom stereocenters. The largest absolute Gasteiger partial charge is 0.406 e. The van der Waals surface area contributed by atoms with Crippen molar-refractivity contribution in [2.24, 2.45) is 5.92 Å². The van der Waals surface area contributed by atoms with Crippen LogP contribution >= 0.6 is 0 Å². The Hall–Kier alpha value is -3.43. The van der Waals surface area contributed by atoms with Gasteiger partial charge in [-0.2, -0.15) is 13.2 Å². The van der Waals surface area contributed by atoms with Gasteiger partial charge < -0.3 is 15.5 Å². The van der Waals surface area contributed by atoms with Crippen molar-refractivity contribution in [2.45, 2.75) is 12.6 Å². The molecule has 3 rings (SSSR count). The first-order chi connectivity index (χ1) is 13.7. The molecule has 0 bridgehead atoms. The Kier molecular flexibility index (Phi) is 5.81. The molecule has 29 heavy (non-hydrogen) atoms. The molecular formula is C19H17F3N4O3. The predicted molar refractivity (Wildman–Crippen MR) is 98.0 cm³/mol. The minimum Gasteiger partial charge on any atom is -0.333 e. The number of hydrogen-bond donors (Lipinski definition) is 2. The molecule has 2 heterocycles. The highest BCUT2D eigenvalue weighted by Gasteiger charge is 2.40. The quantitative estimate of drug-likeness (QED) is 0.799. The molecule has 152 valence electrons. The van der Waals surface area contributed by atoms with Gasteiger partial charge in [-0.05, 0) is 30.3 Å². The number of rotatable bonds is 5. The number of alkyl halides is 3. The lowest BCUT2D eigenvalue weighted by Gasteiger charge is -2.18. The van der Waals surface area contributed by atoms with Crippen molar-refractivity contribution in [3.05, 3.63) is 54.4 Å². The van der Waals surface area contributed by atoms with Crippen LogP contribution in [0.1, 0.15) is 16.8 Å². The van der Waals surface area contributed by atoms with Crippen LogP contribution in [0.5, 0.6) is 0 Å². The Morgan fingerprint density at radius 1 is 1.10 bits per heavy atom. The second kappa shape index (κ2) is 8.29. The van der Waals surface area contributed by atoms with Crippen LogP contribution in [0.4, 0.5) is 24.5 Å². The molecule has 1 aliphatic heterocycles. The fraction of sp³-hybridized carbons (Fsp3) is 0.263. The van der Waals surface area contributed by atoms with E-state index in [1.807, 2.05) is 0 Å². The Morgan fingerprint density at radius 3 is 2.52 bits per heavy atom. The van der Waals surface area contributed by atoms with Gasteiger partial charge >= 0.3 is 6.18 Å². The van der Waals surface area contributed by atoms with Crippen molar-refractivity contribution in [1.29, 1.82) is 0 Å². The molecule has 0 spiro atoms. The first-order valence-corrected chi connectivity index (χ1v) is 8.68. The molecule has 1 unspecified atom stereocenters. The summed E-state index contributed by atoms with van der Waals surface area (Å²) in [5, 5.41) is 5.24. The fourth-order valence-electron chi connectivity index (χ4n) is 2.94. The number of likely N-dealkylation sites (tertiary alicyclic amines) is 1. The molecule has 1 fully saturated rings. The zero-order valence-corrected chi connectivity index (χ0v) is 15.1. The standard InChI is InChI=1S/C19H17F3N4O3/c20-19(21,22)11-26-10-13(9-16(26)27)18(29)25-15-3-1-2-12(8-15)17(28)24-14-4-6-23-7-5-14/h1-8,13H,9-11H2,(H,25,29)(H,23,24,28). The number of carbonyl (C=O) groups is 3. The summed E-state index contributed by atoms with van der Waals surface area (Å²) in [5.74, 6) is -2.58. The molecule has 0 saturated carbocycles. The number of pyridine rings is 1. The van der Waals surface area contributed by atoms with Crippen LogP contribution in [0.15, 0.2) is 48.8 Å². The number of benzene rings is 1. The molecule has 0 radical (unpaired) electrons. The maximum absolute atomic E-state index is 12.5. The molecule has 1 aromatic carbocycles. The van der Waals surface area contributed by atoms with Crippen molar-refractivity contribution in [1.82, 2.24) is 9.88 Å². The second-order valence-electron chi connectivity index (χ2n) is 6.55. The number of hydrogen-bond acceptors (Lipinski definition) is 4. The van der Waals surface area contributed by atoms with Crippen molar-refractivity contribution < 1.29 is 27.6 Å². The lowest BCUT2D eigenvalue weighted by Crippen LogP contribution is -2.36. The molecule has 3 amide bonds. The zero-order chi connectivity index (χ0) is 21.0. The Labute approximate surface area is 163 Å². The summed E-state index contributed by atoms with van der Waals surface area (Å²) in [4.78, 5) is 40.9. The number of amides is 3. The summed E-state index contributed by atoms with van der Waals surface area (Å²) < 4.78 is 37.5. The van der Waals surface area contributed by atoms with E-state index in [1.165, 1.54) is 18.5 Å². The van der Waals surface area contributed by atoms with Crippen LogP contribution < -0.4 is 10.6 Å². The van der Waals surface area contributed by atoms with Gasteiger partial charge in [0, 0.05) is 42.3 Å². The van der Waals surface area contributed by atoms with E-state index in [9.17, 15) is 27.6 Å². The predicted octanol–water partition coefficient (Wildman–Crippen LogP) is 2.68.